The van der Waals surface area contributed by atoms with Gasteiger partial charge >= 0.3 is 0 Å². The van der Waals surface area contributed by atoms with Crippen LogP contribution in [0.1, 0.15) is 36.4 Å². The Morgan fingerprint density at radius 3 is 2.75 bits per heavy atom. The summed E-state index contributed by atoms with van der Waals surface area (Å²) in [4.78, 5) is 2.79. The van der Waals surface area contributed by atoms with Crippen LogP contribution >= 0.6 is 11.3 Å². The summed E-state index contributed by atoms with van der Waals surface area (Å²) in [5.41, 5.74) is 0. The van der Waals surface area contributed by atoms with Gasteiger partial charge in [-0.3, -0.25) is 0 Å². The fraction of sp³-hybridized carbons (Fsp3) is 0.615. The first-order valence-electron chi connectivity index (χ1n) is 5.84. The van der Waals surface area contributed by atoms with Crippen LogP contribution in [0.25, 0.3) is 0 Å². The van der Waals surface area contributed by atoms with Crippen molar-refractivity contribution in [1.29, 1.82) is 5.26 Å². The van der Waals surface area contributed by atoms with Gasteiger partial charge in [-0.2, -0.15) is 5.26 Å². The van der Waals surface area contributed by atoms with Gasteiger partial charge in [-0.15, -0.1) is 11.3 Å². The molecule has 1 rings (SSSR count). The summed E-state index contributed by atoms with van der Waals surface area (Å²) >= 11 is 1.86. The predicted octanol–water partition coefficient (Wildman–Crippen LogP) is 3.27. The van der Waals surface area contributed by atoms with E-state index in [2.05, 4.69) is 44.3 Å². The van der Waals surface area contributed by atoms with Crippen LogP contribution in [0, 0.1) is 18.3 Å². The van der Waals surface area contributed by atoms with Crippen LogP contribution in [0.3, 0.4) is 0 Å². The lowest BCUT2D eigenvalue weighted by molar-refractivity contribution is 0.437. The normalized spacial score (nSPS) is 14.4. The second-order valence-corrected chi connectivity index (χ2v) is 5.62. The minimum absolute atomic E-state index is 0.334. The first-order chi connectivity index (χ1) is 7.65. The number of aryl methyl sites for hydroxylation is 1. The molecule has 1 N–H and O–H groups in total. The molecule has 0 fully saturated rings. The molecule has 1 aromatic heterocycles. The second-order valence-electron chi connectivity index (χ2n) is 4.25. The summed E-state index contributed by atoms with van der Waals surface area (Å²) in [5.74, 6) is 0. The van der Waals surface area contributed by atoms with E-state index in [4.69, 9.17) is 5.26 Å². The van der Waals surface area contributed by atoms with Crippen LogP contribution in [0.15, 0.2) is 12.1 Å². The molecule has 0 aliphatic heterocycles. The Morgan fingerprint density at radius 2 is 2.25 bits per heavy atom. The summed E-state index contributed by atoms with van der Waals surface area (Å²) in [6.45, 7) is 6.45. The standard InChI is InChI=1S/C13H20N2S/c1-4-12(7-8-14)15-10(2)9-13-6-5-11(3)16-13/h5-6,10,12,15H,4,7,9H2,1-3H3. The minimum Gasteiger partial charge on any atom is -0.310 e. The van der Waals surface area contributed by atoms with Gasteiger partial charge in [0.1, 0.15) is 0 Å². The fourth-order valence-electron chi connectivity index (χ4n) is 1.79. The highest BCUT2D eigenvalue weighted by Crippen LogP contribution is 2.17. The van der Waals surface area contributed by atoms with Crippen LogP contribution in [0.5, 0.6) is 0 Å². The maximum Gasteiger partial charge on any atom is 0.0638 e. The lowest BCUT2D eigenvalue weighted by Crippen LogP contribution is -2.37. The van der Waals surface area contributed by atoms with E-state index in [1.165, 1.54) is 9.75 Å². The Morgan fingerprint density at radius 1 is 1.50 bits per heavy atom. The molecule has 2 nitrogen and oxygen atoms in total. The summed E-state index contributed by atoms with van der Waals surface area (Å²) in [7, 11) is 0. The number of rotatable bonds is 6. The molecule has 0 saturated heterocycles. The quantitative estimate of drug-likeness (QED) is 0.823. The van der Waals surface area contributed by atoms with Crippen LogP contribution in [0.2, 0.25) is 0 Å². The second kappa shape index (κ2) is 6.67. The Kier molecular flexibility index (Phi) is 5.51. The topological polar surface area (TPSA) is 35.8 Å². The number of hydrogen-bond donors (Lipinski definition) is 1. The van der Waals surface area contributed by atoms with E-state index in [9.17, 15) is 0 Å². The molecular weight excluding hydrogens is 216 g/mol. The zero-order valence-corrected chi connectivity index (χ0v) is 11.1. The van der Waals surface area contributed by atoms with E-state index < -0.39 is 0 Å². The van der Waals surface area contributed by atoms with Crippen LogP contribution in [-0.2, 0) is 6.42 Å². The Bertz CT molecular complexity index is 351. The molecule has 0 bridgehead atoms. The summed E-state index contributed by atoms with van der Waals surface area (Å²) in [6, 6.07) is 7.37. The largest absolute Gasteiger partial charge is 0.310 e. The summed E-state index contributed by atoms with van der Waals surface area (Å²) < 4.78 is 0. The van der Waals surface area contributed by atoms with Gasteiger partial charge in [0.15, 0.2) is 0 Å². The van der Waals surface area contributed by atoms with Crippen molar-refractivity contribution in [2.24, 2.45) is 0 Å². The van der Waals surface area contributed by atoms with E-state index in [-0.39, 0.29) is 0 Å². The van der Waals surface area contributed by atoms with Crippen molar-refractivity contribution in [2.75, 3.05) is 0 Å². The molecule has 0 aliphatic rings. The number of nitrogens with one attached hydrogen (secondary N) is 1. The molecule has 2 unspecified atom stereocenters. The van der Waals surface area contributed by atoms with Crippen LogP contribution in [0.4, 0.5) is 0 Å². The van der Waals surface area contributed by atoms with E-state index in [1.54, 1.807) is 0 Å². The van der Waals surface area contributed by atoms with E-state index in [1.807, 2.05) is 11.3 Å². The van der Waals surface area contributed by atoms with Crippen molar-refractivity contribution < 1.29 is 0 Å². The number of nitrogens with zero attached hydrogens (tertiary/aromatic N) is 1. The SMILES string of the molecule is CCC(CC#N)NC(C)Cc1ccc(C)s1. The minimum atomic E-state index is 0.334. The highest BCUT2D eigenvalue weighted by molar-refractivity contribution is 7.11. The molecule has 0 amide bonds. The molecule has 0 aromatic carbocycles. The average molecular weight is 236 g/mol. The monoisotopic (exact) mass is 236 g/mol. The zero-order chi connectivity index (χ0) is 12.0. The predicted molar refractivity (Wildman–Crippen MR) is 69.7 cm³/mol. The van der Waals surface area contributed by atoms with E-state index in [0.717, 1.165) is 12.8 Å². The lowest BCUT2D eigenvalue weighted by atomic mass is 10.1. The van der Waals surface area contributed by atoms with Gasteiger partial charge in [-0.05, 0) is 38.8 Å². The van der Waals surface area contributed by atoms with Crippen LogP contribution in [-0.4, -0.2) is 12.1 Å². The van der Waals surface area contributed by atoms with Gasteiger partial charge in [0, 0.05) is 21.8 Å². The van der Waals surface area contributed by atoms with Crippen molar-refractivity contribution >= 4 is 11.3 Å². The molecule has 0 radical (unpaired) electrons. The molecule has 88 valence electrons. The molecule has 2 atom stereocenters. The molecule has 3 heteroatoms. The molecule has 0 aliphatic carbocycles. The third kappa shape index (κ3) is 4.34. The maximum atomic E-state index is 8.69. The molecule has 16 heavy (non-hydrogen) atoms. The Labute approximate surface area is 102 Å². The summed E-state index contributed by atoms with van der Waals surface area (Å²) in [6.07, 6.45) is 2.67. The van der Waals surface area contributed by atoms with Gasteiger partial charge in [0.2, 0.25) is 0 Å². The van der Waals surface area contributed by atoms with Crippen molar-refractivity contribution in [3.63, 3.8) is 0 Å². The maximum absolute atomic E-state index is 8.69. The molecule has 1 heterocycles. The lowest BCUT2D eigenvalue weighted by Gasteiger charge is -2.19. The smallest absolute Gasteiger partial charge is 0.0638 e. The van der Waals surface area contributed by atoms with E-state index in [0.29, 0.717) is 18.5 Å². The summed E-state index contributed by atoms with van der Waals surface area (Å²) in [5, 5.41) is 12.2. The zero-order valence-electron chi connectivity index (χ0n) is 10.3. The van der Waals surface area contributed by atoms with Gasteiger partial charge in [0.05, 0.1) is 12.5 Å². The average Bonchev–Trinajstić information content (AvgIpc) is 2.63. The molecule has 0 spiro atoms. The fourth-order valence-corrected chi connectivity index (χ4v) is 2.81. The highest BCUT2D eigenvalue weighted by Gasteiger charge is 2.11. The van der Waals surface area contributed by atoms with Crippen molar-refractivity contribution in [1.82, 2.24) is 5.32 Å². The van der Waals surface area contributed by atoms with Gasteiger partial charge in [0.25, 0.3) is 0 Å². The van der Waals surface area contributed by atoms with Crippen LogP contribution < -0.4 is 5.32 Å². The van der Waals surface area contributed by atoms with Gasteiger partial charge in [-0.1, -0.05) is 6.92 Å². The Balaban J connectivity index is 2.40. The number of hydrogen-bond acceptors (Lipinski definition) is 3. The highest BCUT2D eigenvalue weighted by atomic mass is 32.1. The molecule has 0 saturated carbocycles. The van der Waals surface area contributed by atoms with Crippen molar-refractivity contribution in [3.8, 4) is 6.07 Å². The van der Waals surface area contributed by atoms with Crippen molar-refractivity contribution in [2.45, 2.75) is 52.1 Å². The first kappa shape index (κ1) is 13.2. The molecule has 1 aromatic rings. The first-order valence-corrected chi connectivity index (χ1v) is 6.65. The molecular formula is C13H20N2S. The third-order valence-corrected chi connectivity index (χ3v) is 3.68. The van der Waals surface area contributed by atoms with Gasteiger partial charge < -0.3 is 5.32 Å². The number of thiophene rings is 1. The van der Waals surface area contributed by atoms with Crippen molar-refractivity contribution in [3.05, 3.63) is 21.9 Å². The van der Waals surface area contributed by atoms with E-state index >= 15 is 0 Å². The number of nitriles is 1. The van der Waals surface area contributed by atoms with Gasteiger partial charge in [-0.25, -0.2) is 0 Å². The Hall–Kier alpha value is -0.850. The third-order valence-electron chi connectivity index (χ3n) is 2.65.